The van der Waals surface area contributed by atoms with Crippen molar-refractivity contribution in [3.05, 3.63) is 51.6 Å². The number of nitrogens with zero attached hydrogens (tertiary/aromatic N) is 4. The second kappa shape index (κ2) is 7.44. The Morgan fingerprint density at radius 3 is 3.00 bits per heavy atom. The molecular formula is C18H17BrClN5O2. The molecule has 0 bridgehead atoms. The second-order valence-electron chi connectivity index (χ2n) is 6.64. The van der Waals surface area contributed by atoms with Crippen LogP contribution in [0.2, 0.25) is 5.02 Å². The summed E-state index contributed by atoms with van der Waals surface area (Å²) in [5, 5.41) is 4.71. The molecule has 1 N–H and O–H groups in total. The van der Waals surface area contributed by atoms with Gasteiger partial charge < -0.3 is 14.4 Å². The van der Waals surface area contributed by atoms with E-state index >= 15 is 0 Å². The maximum Gasteiger partial charge on any atom is 0.274 e. The fourth-order valence-corrected chi connectivity index (χ4v) is 3.83. The number of pyridine rings is 1. The van der Waals surface area contributed by atoms with Crippen molar-refractivity contribution in [2.75, 3.05) is 6.54 Å². The first-order valence-electron chi connectivity index (χ1n) is 8.61. The number of aromatic nitrogens is 4. The minimum absolute atomic E-state index is 0.0184. The lowest BCUT2D eigenvalue weighted by molar-refractivity contribution is 0.0604. The van der Waals surface area contributed by atoms with Crippen LogP contribution in [0.15, 0.2) is 39.7 Å². The van der Waals surface area contributed by atoms with Gasteiger partial charge in [-0.05, 0) is 53.9 Å². The Balaban J connectivity index is 1.54. The minimum Gasteiger partial charge on any atom is -0.356 e. The average Bonchev–Trinajstić information content (AvgIpc) is 3.30. The van der Waals surface area contributed by atoms with E-state index in [1.807, 2.05) is 4.90 Å². The fourth-order valence-electron chi connectivity index (χ4n) is 3.30. The third-order valence-corrected chi connectivity index (χ3v) is 5.45. The van der Waals surface area contributed by atoms with Crippen molar-refractivity contribution in [3.63, 3.8) is 0 Å². The molecule has 4 rings (SSSR count). The van der Waals surface area contributed by atoms with Crippen LogP contribution in [0.1, 0.15) is 41.9 Å². The minimum atomic E-state index is -0.0184. The van der Waals surface area contributed by atoms with E-state index in [0.29, 0.717) is 39.1 Å². The molecule has 7 nitrogen and oxygen atoms in total. The molecule has 1 fully saturated rings. The number of hydrogen-bond donors (Lipinski definition) is 1. The first kappa shape index (κ1) is 18.2. The smallest absolute Gasteiger partial charge is 0.274 e. The van der Waals surface area contributed by atoms with Gasteiger partial charge in [-0.3, -0.25) is 4.79 Å². The summed E-state index contributed by atoms with van der Waals surface area (Å²) in [6.07, 6.45) is 5.06. The van der Waals surface area contributed by atoms with Crippen molar-refractivity contribution in [1.82, 2.24) is 25.0 Å². The summed E-state index contributed by atoms with van der Waals surface area (Å²) in [5.74, 6) is 1.01. The molecule has 1 amide bonds. The number of halogens is 2. The Hall–Kier alpha value is -2.19. The first-order chi connectivity index (χ1) is 13.0. The molecule has 0 saturated carbocycles. The molecule has 1 aliphatic rings. The topological polar surface area (TPSA) is 87.9 Å². The molecule has 4 heterocycles. The number of aromatic amines is 1. The molecule has 0 spiro atoms. The van der Waals surface area contributed by atoms with E-state index in [2.05, 4.69) is 43.0 Å². The summed E-state index contributed by atoms with van der Waals surface area (Å²) < 4.78 is 6.01. The maximum absolute atomic E-state index is 13.0. The predicted octanol–water partition coefficient (Wildman–Crippen LogP) is 4.28. The van der Waals surface area contributed by atoms with Crippen LogP contribution in [-0.2, 0) is 0 Å². The molecule has 140 valence electrons. The van der Waals surface area contributed by atoms with Crippen molar-refractivity contribution >= 4 is 33.4 Å². The maximum atomic E-state index is 13.0. The van der Waals surface area contributed by atoms with Gasteiger partial charge in [-0.2, -0.15) is 4.98 Å². The Kier molecular flexibility index (Phi) is 5.01. The Morgan fingerprint density at radius 1 is 1.41 bits per heavy atom. The van der Waals surface area contributed by atoms with E-state index in [4.69, 9.17) is 16.1 Å². The van der Waals surface area contributed by atoms with Crippen molar-refractivity contribution < 1.29 is 9.32 Å². The third-order valence-electron chi connectivity index (χ3n) is 4.80. The summed E-state index contributed by atoms with van der Waals surface area (Å²) in [5.41, 5.74) is 1.29. The molecule has 1 aliphatic heterocycles. The van der Waals surface area contributed by atoms with Gasteiger partial charge in [0.1, 0.15) is 10.3 Å². The quantitative estimate of drug-likeness (QED) is 0.602. The molecule has 0 radical (unpaired) electrons. The number of likely N-dealkylation sites (tertiary alicyclic amines) is 1. The third kappa shape index (κ3) is 3.77. The Labute approximate surface area is 169 Å². The highest BCUT2D eigenvalue weighted by Crippen LogP contribution is 2.31. The summed E-state index contributed by atoms with van der Waals surface area (Å²) in [6.45, 7) is 2.61. The standard InChI is InChI=1S/C18H17BrClN5O2/c1-10-2-3-12(9-25(10)18(26)11-4-5-21-15(19)6-11)16-23-17(27-24-16)14-7-13(20)8-22-14/h4-8,10,12,22H,2-3,9H2,1H3/t10-,12+/m1/s1. The van der Waals surface area contributed by atoms with Crippen molar-refractivity contribution in [2.24, 2.45) is 0 Å². The van der Waals surface area contributed by atoms with Gasteiger partial charge in [-0.15, -0.1) is 0 Å². The molecule has 3 aromatic rings. The first-order valence-corrected chi connectivity index (χ1v) is 9.79. The SMILES string of the molecule is C[C@@H]1CC[C@H](c2noc(-c3cc(Cl)c[nH]3)n2)CN1C(=O)c1ccnc(Br)c1. The van der Waals surface area contributed by atoms with Gasteiger partial charge in [-0.25, -0.2) is 4.98 Å². The highest BCUT2D eigenvalue weighted by Gasteiger charge is 2.33. The molecule has 0 unspecified atom stereocenters. The van der Waals surface area contributed by atoms with Crippen molar-refractivity contribution in [3.8, 4) is 11.6 Å². The average molecular weight is 451 g/mol. The fraction of sp³-hybridized carbons (Fsp3) is 0.333. The molecular weight excluding hydrogens is 434 g/mol. The largest absolute Gasteiger partial charge is 0.356 e. The van der Waals surface area contributed by atoms with Crippen LogP contribution in [-0.4, -0.2) is 43.5 Å². The van der Waals surface area contributed by atoms with Gasteiger partial charge in [0.2, 0.25) is 0 Å². The zero-order valence-corrected chi connectivity index (χ0v) is 16.9. The Morgan fingerprint density at radius 2 is 2.26 bits per heavy atom. The van der Waals surface area contributed by atoms with Gasteiger partial charge in [0.15, 0.2) is 5.82 Å². The van der Waals surface area contributed by atoms with E-state index in [9.17, 15) is 4.79 Å². The van der Waals surface area contributed by atoms with E-state index in [-0.39, 0.29) is 17.9 Å². The van der Waals surface area contributed by atoms with Crippen LogP contribution in [0.5, 0.6) is 0 Å². The van der Waals surface area contributed by atoms with Crippen LogP contribution < -0.4 is 0 Å². The van der Waals surface area contributed by atoms with E-state index < -0.39 is 0 Å². The monoisotopic (exact) mass is 449 g/mol. The molecule has 9 heteroatoms. The van der Waals surface area contributed by atoms with Gasteiger partial charge in [-0.1, -0.05) is 16.8 Å². The van der Waals surface area contributed by atoms with Gasteiger partial charge in [0, 0.05) is 36.5 Å². The molecule has 0 aliphatic carbocycles. The number of carbonyl (C=O) groups excluding carboxylic acids is 1. The van der Waals surface area contributed by atoms with Gasteiger partial charge >= 0.3 is 0 Å². The zero-order valence-electron chi connectivity index (χ0n) is 14.5. The summed E-state index contributed by atoms with van der Waals surface area (Å²) in [7, 11) is 0. The van der Waals surface area contributed by atoms with E-state index in [0.717, 1.165) is 12.8 Å². The van der Waals surface area contributed by atoms with Crippen LogP contribution in [0.3, 0.4) is 0 Å². The molecule has 27 heavy (non-hydrogen) atoms. The number of piperidine rings is 1. The number of rotatable bonds is 3. The van der Waals surface area contributed by atoms with Crippen LogP contribution in [0.4, 0.5) is 0 Å². The Bertz CT molecular complexity index is 972. The van der Waals surface area contributed by atoms with Crippen molar-refractivity contribution in [2.45, 2.75) is 31.7 Å². The lowest BCUT2D eigenvalue weighted by Crippen LogP contribution is -2.45. The highest BCUT2D eigenvalue weighted by molar-refractivity contribution is 9.10. The highest BCUT2D eigenvalue weighted by atomic mass is 79.9. The zero-order chi connectivity index (χ0) is 19.0. The second-order valence-corrected chi connectivity index (χ2v) is 7.89. The van der Waals surface area contributed by atoms with Gasteiger partial charge in [0.25, 0.3) is 11.8 Å². The number of nitrogens with one attached hydrogen (secondary N) is 1. The number of H-pyrrole nitrogens is 1. The molecule has 1 saturated heterocycles. The van der Waals surface area contributed by atoms with Crippen LogP contribution >= 0.6 is 27.5 Å². The van der Waals surface area contributed by atoms with Crippen LogP contribution in [0.25, 0.3) is 11.6 Å². The van der Waals surface area contributed by atoms with E-state index in [1.165, 1.54) is 0 Å². The van der Waals surface area contributed by atoms with Crippen molar-refractivity contribution in [1.29, 1.82) is 0 Å². The molecule has 2 atom stereocenters. The van der Waals surface area contributed by atoms with E-state index in [1.54, 1.807) is 30.6 Å². The lowest BCUT2D eigenvalue weighted by atomic mass is 9.92. The normalized spacial score (nSPS) is 20.0. The molecule has 3 aromatic heterocycles. The van der Waals surface area contributed by atoms with Gasteiger partial charge in [0.05, 0.1) is 5.02 Å². The summed E-state index contributed by atoms with van der Waals surface area (Å²) in [4.78, 5) is 26.4. The van der Waals surface area contributed by atoms with Crippen LogP contribution in [0, 0.1) is 0 Å². The summed E-state index contributed by atoms with van der Waals surface area (Å²) >= 11 is 9.25. The predicted molar refractivity (Wildman–Crippen MR) is 104 cm³/mol. The number of hydrogen-bond acceptors (Lipinski definition) is 5. The lowest BCUT2D eigenvalue weighted by Gasteiger charge is -2.37. The molecule has 0 aromatic carbocycles. The number of amides is 1. The summed E-state index contributed by atoms with van der Waals surface area (Å²) in [6, 6.07) is 5.35. The number of carbonyl (C=O) groups is 1.